The number of hydrogen-bond acceptors (Lipinski definition) is 2. The highest BCUT2D eigenvalue weighted by Gasteiger charge is 2.55. The number of carbonyl (C=O) groups is 1. The van der Waals surface area contributed by atoms with Crippen molar-refractivity contribution in [1.82, 2.24) is 5.32 Å². The van der Waals surface area contributed by atoms with E-state index in [-0.39, 0.29) is 11.3 Å². The van der Waals surface area contributed by atoms with E-state index >= 15 is 0 Å². The molecule has 4 rings (SSSR count). The molecular formula is C16H27NO2. The molecule has 1 amide bonds. The highest BCUT2D eigenvalue weighted by molar-refractivity contribution is 5.83. The molecule has 4 saturated carbocycles. The highest BCUT2D eigenvalue weighted by Crippen LogP contribution is 2.60. The molecule has 108 valence electrons. The molecule has 0 heterocycles. The van der Waals surface area contributed by atoms with Crippen LogP contribution in [0.15, 0.2) is 0 Å². The maximum atomic E-state index is 12.8. The quantitative estimate of drug-likeness (QED) is 0.823. The van der Waals surface area contributed by atoms with Crippen molar-refractivity contribution in [2.45, 2.75) is 70.9 Å². The maximum Gasteiger partial charge on any atom is 0.226 e. The Kier molecular flexibility index (Phi) is 2.97. The summed E-state index contributed by atoms with van der Waals surface area (Å²) in [4.78, 5) is 12.8. The number of hydrogen-bond donors (Lipinski definition) is 2. The van der Waals surface area contributed by atoms with Crippen LogP contribution in [0.4, 0.5) is 0 Å². The number of amides is 1. The second kappa shape index (κ2) is 4.21. The molecule has 4 aliphatic carbocycles. The molecule has 0 aromatic heterocycles. The average Bonchev–Trinajstić information content (AvgIpc) is 2.26. The Morgan fingerprint density at radius 1 is 1.16 bits per heavy atom. The maximum absolute atomic E-state index is 12.8. The van der Waals surface area contributed by atoms with Gasteiger partial charge in [0.05, 0.1) is 11.6 Å². The second-order valence-corrected chi connectivity index (χ2v) is 8.05. The molecule has 0 radical (unpaired) electrons. The minimum absolute atomic E-state index is 0.110. The van der Waals surface area contributed by atoms with Crippen LogP contribution >= 0.6 is 0 Å². The van der Waals surface area contributed by atoms with Crippen LogP contribution in [0.5, 0.6) is 0 Å². The van der Waals surface area contributed by atoms with Gasteiger partial charge in [-0.25, -0.2) is 0 Å². The lowest BCUT2D eigenvalue weighted by Crippen LogP contribution is -2.59. The van der Waals surface area contributed by atoms with Gasteiger partial charge >= 0.3 is 0 Å². The van der Waals surface area contributed by atoms with Crippen LogP contribution in [-0.4, -0.2) is 22.7 Å². The molecule has 0 aromatic rings. The third kappa shape index (κ3) is 2.20. The second-order valence-electron chi connectivity index (χ2n) is 8.05. The molecule has 1 unspecified atom stereocenters. The lowest BCUT2D eigenvalue weighted by Gasteiger charge is -2.56. The van der Waals surface area contributed by atoms with Crippen molar-refractivity contribution in [2.75, 3.05) is 0 Å². The van der Waals surface area contributed by atoms with Gasteiger partial charge in [-0.1, -0.05) is 0 Å². The Labute approximate surface area is 116 Å². The normalized spacial score (nSPS) is 42.2. The molecule has 19 heavy (non-hydrogen) atoms. The van der Waals surface area contributed by atoms with Crippen molar-refractivity contribution in [1.29, 1.82) is 0 Å². The monoisotopic (exact) mass is 265 g/mol. The van der Waals surface area contributed by atoms with Crippen LogP contribution in [0, 0.1) is 23.2 Å². The van der Waals surface area contributed by atoms with Crippen LogP contribution < -0.4 is 5.32 Å². The van der Waals surface area contributed by atoms with E-state index in [0.717, 1.165) is 37.0 Å². The zero-order chi connectivity index (χ0) is 13.8. The third-order valence-corrected chi connectivity index (χ3v) is 6.00. The van der Waals surface area contributed by atoms with Crippen molar-refractivity contribution in [3.8, 4) is 0 Å². The summed E-state index contributed by atoms with van der Waals surface area (Å²) in [7, 11) is 0. The largest absolute Gasteiger partial charge is 0.391 e. The minimum Gasteiger partial charge on any atom is -0.391 e. The summed E-state index contributed by atoms with van der Waals surface area (Å²) in [6.07, 6.45) is 6.79. The summed E-state index contributed by atoms with van der Waals surface area (Å²) in [5.41, 5.74) is -0.638. The topological polar surface area (TPSA) is 49.3 Å². The summed E-state index contributed by atoms with van der Waals surface area (Å²) in [5.74, 6) is 2.56. The summed E-state index contributed by atoms with van der Waals surface area (Å²) in [6, 6.07) is 0. The highest BCUT2D eigenvalue weighted by atomic mass is 16.3. The first-order valence-electron chi connectivity index (χ1n) is 7.81. The van der Waals surface area contributed by atoms with Crippen molar-refractivity contribution in [2.24, 2.45) is 23.2 Å². The fourth-order valence-corrected chi connectivity index (χ4v) is 4.92. The Balaban J connectivity index is 1.76. The van der Waals surface area contributed by atoms with E-state index < -0.39 is 11.6 Å². The van der Waals surface area contributed by atoms with Gasteiger partial charge in [-0.05, 0) is 77.0 Å². The van der Waals surface area contributed by atoms with Gasteiger partial charge in [0.1, 0.15) is 0 Å². The number of rotatable bonds is 3. The standard InChI is InChI=1S/C16H27NO2/c1-10(18)15(2,3)17-14(19)16-7-11-4-12(8-16)6-13(5-11)9-16/h10-13,18H,4-9H2,1-3H3,(H,17,19). The van der Waals surface area contributed by atoms with E-state index in [9.17, 15) is 9.90 Å². The lowest BCUT2D eigenvalue weighted by atomic mass is 9.49. The van der Waals surface area contributed by atoms with E-state index in [1.54, 1.807) is 6.92 Å². The summed E-state index contributed by atoms with van der Waals surface area (Å²) >= 11 is 0. The van der Waals surface area contributed by atoms with Crippen molar-refractivity contribution in [3.05, 3.63) is 0 Å². The van der Waals surface area contributed by atoms with Crippen molar-refractivity contribution < 1.29 is 9.90 Å². The number of aliphatic hydroxyl groups excluding tert-OH is 1. The van der Waals surface area contributed by atoms with E-state index in [2.05, 4.69) is 5.32 Å². The van der Waals surface area contributed by atoms with Crippen LogP contribution in [0.2, 0.25) is 0 Å². The van der Waals surface area contributed by atoms with Gasteiger partial charge in [0.25, 0.3) is 0 Å². The third-order valence-electron chi connectivity index (χ3n) is 6.00. The molecule has 0 spiro atoms. The smallest absolute Gasteiger partial charge is 0.226 e. The molecule has 4 bridgehead atoms. The molecule has 2 N–H and O–H groups in total. The van der Waals surface area contributed by atoms with E-state index in [4.69, 9.17) is 0 Å². The summed E-state index contributed by atoms with van der Waals surface area (Å²) < 4.78 is 0. The van der Waals surface area contributed by atoms with E-state index in [1.807, 2.05) is 13.8 Å². The first kappa shape index (κ1) is 13.4. The molecule has 0 aromatic carbocycles. The van der Waals surface area contributed by atoms with Gasteiger partial charge in [-0.2, -0.15) is 0 Å². The number of carbonyl (C=O) groups excluding carboxylic acids is 1. The molecule has 4 fully saturated rings. The van der Waals surface area contributed by atoms with Crippen molar-refractivity contribution >= 4 is 5.91 Å². The fourth-order valence-electron chi connectivity index (χ4n) is 4.92. The molecule has 3 heteroatoms. The summed E-state index contributed by atoms with van der Waals surface area (Å²) in [5, 5.41) is 12.9. The SMILES string of the molecule is CC(O)C(C)(C)NC(=O)C12CC3CC(CC(C3)C1)C2. The first-order valence-corrected chi connectivity index (χ1v) is 7.81. The number of nitrogens with one attached hydrogen (secondary N) is 1. The zero-order valence-corrected chi connectivity index (χ0v) is 12.4. The Bertz CT molecular complexity index is 351. The number of aliphatic hydroxyl groups is 1. The van der Waals surface area contributed by atoms with Crippen LogP contribution in [-0.2, 0) is 4.79 Å². The van der Waals surface area contributed by atoms with Gasteiger partial charge in [0.2, 0.25) is 5.91 Å². The van der Waals surface area contributed by atoms with Crippen LogP contribution in [0.1, 0.15) is 59.3 Å². The van der Waals surface area contributed by atoms with Gasteiger partial charge < -0.3 is 10.4 Å². The predicted octanol–water partition coefficient (Wildman–Crippen LogP) is 2.48. The summed E-state index contributed by atoms with van der Waals surface area (Å²) in [6.45, 7) is 5.58. The molecule has 1 atom stereocenters. The lowest BCUT2D eigenvalue weighted by molar-refractivity contribution is -0.149. The van der Waals surface area contributed by atoms with Crippen LogP contribution in [0.3, 0.4) is 0 Å². The zero-order valence-electron chi connectivity index (χ0n) is 12.4. The molecule has 3 nitrogen and oxygen atoms in total. The average molecular weight is 265 g/mol. The Morgan fingerprint density at radius 3 is 1.95 bits per heavy atom. The van der Waals surface area contributed by atoms with E-state index in [0.29, 0.717) is 0 Å². The van der Waals surface area contributed by atoms with Gasteiger partial charge in [-0.15, -0.1) is 0 Å². The predicted molar refractivity (Wildman–Crippen MR) is 74.5 cm³/mol. The van der Waals surface area contributed by atoms with Crippen molar-refractivity contribution in [3.63, 3.8) is 0 Å². The molecular weight excluding hydrogens is 238 g/mol. The van der Waals surface area contributed by atoms with E-state index in [1.165, 1.54) is 19.3 Å². The van der Waals surface area contributed by atoms with Gasteiger partial charge in [-0.3, -0.25) is 4.79 Å². The molecule has 0 aliphatic heterocycles. The first-order chi connectivity index (χ1) is 8.81. The van der Waals surface area contributed by atoms with Crippen LogP contribution in [0.25, 0.3) is 0 Å². The Morgan fingerprint density at radius 2 is 1.58 bits per heavy atom. The molecule has 4 aliphatic rings. The molecule has 0 saturated heterocycles. The Hall–Kier alpha value is -0.570. The minimum atomic E-state index is -0.527. The fraction of sp³-hybridized carbons (Fsp3) is 0.938. The van der Waals surface area contributed by atoms with Gasteiger partial charge in [0, 0.05) is 5.41 Å². The van der Waals surface area contributed by atoms with Gasteiger partial charge in [0.15, 0.2) is 0 Å².